The molecular formula is C19H36O4. The molecular weight excluding hydrogens is 292 g/mol. The van der Waals surface area contributed by atoms with Gasteiger partial charge in [0, 0.05) is 0 Å². The summed E-state index contributed by atoms with van der Waals surface area (Å²) >= 11 is 0. The Labute approximate surface area is 141 Å². The van der Waals surface area contributed by atoms with E-state index < -0.39 is 18.0 Å². The standard InChI is InChI=1S/C19H36O4/c1-2-3-4-5-6-7-8-9-10-11-12-13-14-17(19(22)23)15-18(21)16-20/h7-8,17-18,20-21H,2-6,9-16H2,1H3,(H,22,23)/b8-7-. The van der Waals surface area contributed by atoms with Gasteiger partial charge < -0.3 is 15.3 Å². The first kappa shape index (κ1) is 22.1. The number of carboxylic acids is 1. The van der Waals surface area contributed by atoms with E-state index in [1.54, 1.807) is 0 Å². The maximum Gasteiger partial charge on any atom is 0.306 e. The first-order chi connectivity index (χ1) is 11.1. The molecule has 0 aromatic heterocycles. The van der Waals surface area contributed by atoms with Crippen molar-refractivity contribution in [2.75, 3.05) is 6.61 Å². The summed E-state index contributed by atoms with van der Waals surface area (Å²) in [7, 11) is 0. The zero-order valence-electron chi connectivity index (χ0n) is 14.8. The molecule has 0 rings (SSSR count). The SMILES string of the molecule is CCCCCC/C=C\CCCCCCC(CC(O)CO)C(=O)O. The zero-order valence-corrected chi connectivity index (χ0v) is 14.8. The minimum atomic E-state index is -0.918. The lowest BCUT2D eigenvalue weighted by Crippen LogP contribution is -2.23. The molecule has 0 radical (unpaired) electrons. The highest BCUT2D eigenvalue weighted by Gasteiger charge is 2.20. The molecule has 0 heterocycles. The third-order valence-electron chi connectivity index (χ3n) is 4.18. The van der Waals surface area contributed by atoms with Gasteiger partial charge in [-0.15, -0.1) is 0 Å². The zero-order chi connectivity index (χ0) is 17.3. The third kappa shape index (κ3) is 14.5. The largest absolute Gasteiger partial charge is 0.481 e. The molecule has 3 N–H and O–H groups in total. The molecule has 23 heavy (non-hydrogen) atoms. The lowest BCUT2D eigenvalue weighted by atomic mass is 9.95. The summed E-state index contributed by atoms with van der Waals surface area (Å²) in [6.45, 7) is 1.86. The van der Waals surface area contributed by atoms with Crippen molar-refractivity contribution < 1.29 is 20.1 Å². The summed E-state index contributed by atoms with van der Waals surface area (Å²) in [6.07, 6.45) is 16.1. The summed E-state index contributed by atoms with van der Waals surface area (Å²) in [6, 6.07) is 0. The molecule has 136 valence electrons. The lowest BCUT2D eigenvalue weighted by molar-refractivity contribution is -0.143. The first-order valence-electron chi connectivity index (χ1n) is 9.28. The molecule has 0 fully saturated rings. The van der Waals surface area contributed by atoms with E-state index >= 15 is 0 Å². The van der Waals surface area contributed by atoms with Gasteiger partial charge in [0.25, 0.3) is 0 Å². The van der Waals surface area contributed by atoms with Crippen LogP contribution in [0.1, 0.15) is 84.0 Å². The third-order valence-corrected chi connectivity index (χ3v) is 4.18. The summed E-state index contributed by atoms with van der Waals surface area (Å²) in [5.74, 6) is -1.41. The molecule has 0 amide bonds. The highest BCUT2D eigenvalue weighted by atomic mass is 16.4. The molecule has 0 aromatic rings. The van der Waals surface area contributed by atoms with Crippen molar-refractivity contribution in [2.24, 2.45) is 5.92 Å². The van der Waals surface area contributed by atoms with Crippen LogP contribution in [-0.2, 0) is 4.79 Å². The molecule has 0 aliphatic rings. The predicted octanol–water partition coefficient (Wildman–Crippen LogP) is 4.30. The van der Waals surface area contributed by atoms with Crippen LogP contribution in [0, 0.1) is 5.92 Å². The first-order valence-corrected chi connectivity index (χ1v) is 9.28. The number of aliphatic hydroxyl groups is 2. The molecule has 0 aliphatic carbocycles. The fourth-order valence-electron chi connectivity index (χ4n) is 2.68. The number of unbranched alkanes of at least 4 members (excludes halogenated alkanes) is 8. The molecule has 2 unspecified atom stereocenters. The van der Waals surface area contributed by atoms with E-state index in [0.717, 1.165) is 32.1 Å². The number of allylic oxidation sites excluding steroid dienone is 2. The number of rotatable bonds is 16. The summed E-state index contributed by atoms with van der Waals surface area (Å²) in [5.41, 5.74) is 0. The predicted molar refractivity (Wildman–Crippen MR) is 94.4 cm³/mol. The van der Waals surface area contributed by atoms with Gasteiger partial charge in [-0.05, 0) is 38.5 Å². The van der Waals surface area contributed by atoms with Crippen molar-refractivity contribution in [3.63, 3.8) is 0 Å². The van der Waals surface area contributed by atoms with Gasteiger partial charge in [0.15, 0.2) is 0 Å². The summed E-state index contributed by atoms with van der Waals surface area (Å²) in [5, 5.41) is 27.2. The Kier molecular flexibility index (Phi) is 15.4. The van der Waals surface area contributed by atoms with E-state index in [0.29, 0.717) is 6.42 Å². The molecule has 0 saturated carbocycles. The van der Waals surface area contributed by atoms with Crippen LogP contribution in [0.15, 0.2) is 12.2 Å². The average molecular weight is 328 g/mol. The van der Waals surface area contributed by atoms with Gasteiger partial charge in [-0.1, -0.05) is 57.6 Å². The van der Waals surface area contributed by atoms with Crippen molar-refractivity contribution in [2.45, 2.75) is 90.1 Å². The topological polar surface area (TPSA) is 77.8 Å². The van der Waals surface area contributed by atoms with Crippen LogP contribution in [0.25, 0.3) is 0 Å². The molecule has 4 nitrogen and oxygen atoms in total. The normalized spacial score (nSPS) is 14.2. The van der Waals surface area contributed by atoms with Crippen molar-refractivity contribution in [3.05, 3.63) is 12.2 Å². The fourth-order valence-corrected chi connectivity index (χ4v) is 2.68. The van der Waals surface area contributed by atoms with Crippen LogP contribution in [0.5, 0.6) is 0 Å². The minimum Gasteiger partial charge on any atom is -0.481 e. The Bertz CT molecular complexity index is 302. The molecule has 0 aromatic carbocycles. The van der Waals surface area contributed by atoms with Gasteiger partial charge in [-0.3, -0.25) is 4.79 Å². The van der Waals surface area contributed by atoms with E-state index in [-0.39, 0.29) is 13.0 Å². The van der Waals surface area contributed by atoms with Crippen molar-refractivity contribution in [1.82, 2.24) is 0 Å². The molecule has 2 atom stereocenters. The monoisotopic (exact) mass is 328 g/mol. The van der Waals surface area contributed by atoms with Crippen LogP contribution >= 0.6 is 0 Å². The highest BCUT2D eigenvalue weighted by molar-refractivity contribution is 5.69. The Morgan fingerprint density at radius 2 is 1.52 bits per heavy atom. The number of aliphatic hydroxyl groups excluding tert-OH is 2. The van der Waals surface area contributed by atoms with E-state index in [4.69, 9.17) is 10.2 Å². The van der Waals surface area contributed by atoms with Crippen molar-refractivity contribution >= 4 is 5.97 Å². The molecule has 0 aliphatic heterocycles. The number of hydrogen-bond donors (Lipinski definition) is 3. The molecule has 0 bridgehead atoms. The second kappa shape index (κ2) is 16.0. The van der Waals surface area contributed by atoms with Crippen LogP contribution in [-0.4, -0.2) is 34.0 Å². The van der Waals surface area contributed by atoms with Gasteiger partial charge in [0.1, 0.15) is 0 Å². The Morgan fingerprint density at radius 3 is 2.04 bits per heavy atom. The van der Waals surface area contributed by atoms with Gasteiger partial charge in [-0.2, -0.15) is 0 Å². The van der Waals surface area contributed by atoms with Gasteiger partial charge in [0.2, 0.25) is 0 Å². The Hall–Kier alpha value is -0.870. The number of carbonyl (C=O) groups is 1. The maximum atomic E-state index is 11.1. The number of aliphatic carboxylic acids is 1. The minimum absolute atomic E-state index is 0.145. The maximum absolute atomic E-state index is 11.1. The highest BCUT2D eigenvalue weighted by Crippen LogP contribution is 2.17. The second-order valence-corrected chi connectivity index (χ2v) is 6.42. The Balaban J connectivity index is 3.52. The second-order valence-electron chi connectivity index (χ2n) is 6.42. The van der Waals surface area contributed by atoms with Crippen molar-refractivity contribution in [3.8, 4) is 0 Å². The average Bonchev–Trinajstić information content (AvgIpc) is 2.54. The fraction of sp³-hybridized carbons (Fsp3) is 0.842. The number of carboxylic acid groups (broad SMARTS) is 1. The summed E-state index contributed by atoms with van der Waals surface area (Å²) in [4.78, 5) is 11.1. The van der Waals surface area contributed by atoms with Gasteiger partial charge in [-0.25, -0.2) is 0 Å². The van der Waals surface area contributed by atoms with E-state index in [2.05, 4.69) is 19.1 Å². The van der Waals surface area contributed by atoms with Crippen molar-refractivity contribution in [1.29, 1.82) is 0 Å². The van der Waals surface area contributed by atoms with Gasteiger partial charge >= 0.3 is 5.97 Å². The van der Waals surface area contributed by atoms with E-state index in [1.165, 1.54) is 32.1 Å². The van der Waals surface area contributed by atoms with Crippen LogP contribution in [0.3, 0.4) is 0 Å². The lowest BCUT2D eigenvalue weighted by Gasteiger charge is -2.14. The quantitative estimate of drug-likeness (QED) is 0.292. The van der Waals surface area contributed by atoms with Gasteiger partial charge in [0.05, 0.1) is 18.6 Å². The van der Waals surface area contributed by atoms with Crippen LogP contribution in [0.2, 0.25) is 0 Å². The van der Waals surface area contributed by atoms with Crippen LogP contribution < -0.4 is 0 Å². The van der Waals surface area contributed by atoms with E-state index in [1.807, 2.05) is 0 Å². The van der Waals surface area contributed by atoms with E-state index in [9.17, 15) is 9.90 Å². The molecule has 0 spiro atoms. The molecule has 4 heteroatoms. The molecule has 0 saturated heterocycles. The Morgan fingerprint density at radius 1 is 0.957 bits per heavy atom. The smallest absolute Gasteiger partial charge is 0.306 e. The van der Waals surface area contributed by atoms with Crippen LogP contribution in [0.4, 0.5) is 0 Å². The summed E-state index contributed by atoms with van der Waals surface area (Å²) < 4.78 is 0. The number of hydrogen-bond acceptors (Lipinski definition) is 3.